The minimum atomic E-state index is -0.405. The molecular weight excluding hydrogens is 274 g/mol. The molecule has 1 aromatic heterocycles. The van der Waals surface area contributed by atoms with Crippen molar-refractivity contribution < 1.29 is 67.7 Å². The third kappa shape index (κ3) is 3.69. The molecule has 0 radical (unpaired) electrons. The topological polar surface area (TPSA) is 51.2 Å². The maximum atomic E-state index is 11.3. The molecule has 1 rings (SSSR count). The molecule has 0 amide bonds. The van der Waals surface area contributed by atoms with Crippen molar-refractivity contribution in [3.63, 3.8) is 0 Å². The summed E-state index contributed by atoms with van der Waals surface area (Å²) in [6, 6.07) is 0. The first-order chi connectivity index (χ1) is 6.19. The number of thiazole rings is 1. The average molecular weight is 285 g/mol. The van der Waals surface area contributed by atoms with Crippen molar-refractivity contribution in [3.8, 4) is 0 Å². The average Bonchev–Trinajstić information content (AvgIpc) is 2.47. The van der Waals surface area contributed by atoms with Gasteiger partial charge in [-0.3, -0.25) is 7.05 Å². The molecule has 1 aromatic rings. The number of aryl methyl sites for hydroxylation is 1. The van der Waals surface area contributed by atoms with Crippen molar-refractivity contribution in [2.24, 2.45) is 0 Å². The molecule has 0 aliphatic heterocycles. The zero-order valence-corrected chi connectivity index (χ0v) is 14.3. The van der Waals surface area contributed by atoms with E-state index >= 15 is 0 Å². The molecule has 14 heavy (non-hydrogen) atoms. The molecule has 0 fully saturated rings. The van der Waals surface area contributed by atoms with E-state index in [2.05, 4.69) is 17.3 Å². The molecule has 6 heteroatoms. The Balaban J connectivity index is 0.00000169. The maximum Gasteiger partial charge on any atom is 1.00 e. The Morgan fingerprint density at radius 2 is 2.36 bits per heavy atom. The van der Waals surface area contributed by atoms with Gasteiger partial charge in [0.05, 0.1) is 16.6 Å². The Morgan fingerprint density at radius 3 is 2.86 bits per heavy atom. The normalized spacial score (nSPS) is 9.07. The van der Waals surface area contributed by atoms with Crippen LogP contribution in [-0.4, -0.2) is 17.6 Å². The molecule has 1 N–H and O–H groups in total. The van der Waals surface area contributed by atoms with Gasteiger partial charge in [0.25, 0.3) is 0 Å². The fourth-order valence-corrected chi connectivity index (χ4v) is 1.61. The van der Waals surface area contributed by atoms with E-state index in [1.54, 1.807) is 6.92 Å². The molecule has 0 spiro atoms. The van der Waals surface area contributed by atoms with E-state index in [0.29, 0.717) is 17.3 Å². The van der Waals surface area contributed by atoms with Gasteiger partial charge < -0.3 is 10.1 Å². The summed E-state index contributed by atoms with van der Waals surface area (Å²) in [7, 11) is 3.49. The largest absolute Gasteiger partial charge is 1.00 e. The van der Waals surface area contributed by atoms with Crippen LogP contribution in [0.25, 0.3) is 0 Å². The van der Waals surface area contributed by atoms with Gasteiger partial charge in [-0.2, -0.15) is 0 Å². The number of nitrogens with one attached hydrogen (secondary N) is 1. The van der Waals surface area contributed by atoms with Crippen LogP contribution in [0.4, 0.5) is 5.00 Å². The quantitative estimate of drug-likeness (QED) is 0.562. The number of nitrogens with zero attached hydrogens (tertiary/aromatic N) is 1. The van der Waals surface area contributed by atoms with E-state index in [1.165, 1.54) is 11.3 Å². The van der Waals surface area contributed by atoms with Crippen LogP contribution in [0.1, 0.15) is 22.4 Å². The number of esters is 1. The van der Waals surface area contributed by atoms with Gasteiger partial charge >= 0.3 is 64.2 Å². The second-order valence-electron chi connectivity index (χ2n) is 2.31. The standard InChI is InChI=1S/C8H11N2O2S.Rb/c1-4-12-8(11)6-7(9-3)13-5(2)10-6;/h9H,3-4H2,1-2H3;/q-1;+1. The van der Waals surface area contributed by atoms with Crippen LogP contribution in [0.5, 0.6) is 0 Å². The smallest absolute Gasteiger partial charge is 0.528 e. The first kappa shape index (κ1) is 14.7. The van der Waals surface area contributed by atoms with E-state index in [1.807, 2.05) is 6.92 Å². The van der Waals surface area contributed by atoms with Gasteiger partial charge in [-0.05, 0) is 13.8 Å². The predicted octanol–water partition coefficient (Wildman–Crippen LogP) is -1.16. The summed E-state index contributed by atoms with van der Waals surface area (Å²) in [6.45, 7) is 3.94. The van der Waals surface area contributed by atoms with Crippen molar-refractivity contribution in [2.75, 3.05) is 11.9 Å². The third-order valence-electron chi connectivity index (χ3n) is 1.36. The van der Waals surface area contributed by atoms with Gasteiger partial charge in [0, 0.05) is 0 Å². The number of aromatic nitrogens is 1. The number of ether oxygens (including phenoxy) is 1. The Labute approximate surface area is 136 Å². The van der Waals surface area contributed by atoms with E-state index in [-0.39, 0.29) is 58.2 Å². The molecular formula is C8H11N2O2RbS. The minimum Gasteiger partial charge on any atom is -0.528 e. The number of rotatable bonds is 3. The summed E-state index contributed by atoms with van der Waals surface area (Å²) in [5, 5.41) is 4.12. The van der Waals surface area contributed by atoms with Crippen LogP contribution < -0.4 is 63.5 Å². The van der Waals surface area contributed by atoms with Gasteiger partial charge in [0.1, 0.15) is 0 Å². The minimum absolute atomic E-state index is 0. The van der Waals surface area contributed by atoms with E-state index in [4.69, 9.17) is 4.74 Å². The van der Waals surface area contributed by atoms with Crippen LogP contribution in [-0.2, 0) is 4.74 Å². The number of hydrogen-bond donors (Lipinski definition) is 1. The SMILES string of the molecule is [CH2-]Nc1sc(C)nc1C(=O)OCC.[Rb+]. The Morgan fingerprint density at radius 1 is 1.71 bits per heavy atom. The number of carbonyl (C=O) groups excluding carboxylic acids is 1. The molecule has 0 saturated heterocycles. The maximum absolute atomic E-state index is 11.3. The van der Waals surface area contributed by atoms with Crippen molar-refractivity contribution in [2.45, 2.75) is 13.8 Å². The second kappa shape index (κ2) is 7.06. The molecule has 0 saturated carbocycles. The first-order valence-corrected chi connectivity index (χ1v) is 4.68. The van der Waals surface area contributed by atoms with Crippen molar-refractivity contribution in [1.29, 1.82) is 0 Å². The summed E-state index contributed by atoms with van der Waals surface area (Å²) in [5.74, 6) is -0.405. The number of hydrogen-bond acceptors (Lipinski definition) is 5. The second-order valence-corrected chi connectivity index (χ2v) is 3.51. The Kier molecular flexibility index (Phi) is 7.41. The fraction of sp³-hybridized carbons (Fsp3) is 0.375. The van der Waals surface area contributed by atoms with Gasteiger partial charge in [-0.1, -0.05) is 0 Å². The summed E-state index contributed by atoms with van der Waals surface area (Å²) >= 11 is 1.38. The predicted molar refractivity (Wildman–Crippen MR) is 51.8 cm³/mol. The zero-order valence-electron chi connectivity index (χ0n) is 8.59. The van der Waals surface area contributed by atoms with Gasteiger partial charge in [-0.15, -0.1) is 11.3 Å². The molecule has 0 atom stereocenters. The first-order valence-electron chi connectivity index (χ1n) is 3.86. The van der Waals surface area contributed by atoms with Crippen LogP contribution in [0.2, 0.25) is 0 Å². The summed E-state index contributed by atoms with van der Waals surface area (Å²) in [4.78, 5) is 15.3. The van der Waals surface area contributed by atoms with Crippen LogP contribution in [0, 0.1) is 14.0 Å². The zero-order chi connectivity index (χ0) is 9.84. The number of carbonyl (C=O) groups is 1. The summed E-state index contributed by atoms with van der Waals surface area (Å²) in [5.41, 5.74) is 0.319. The molecule has 0 aliphatic rings. The summed E-state index contributed by atoms with van der Waals surface area (Å²) < 4.78 is 4.82. The van der Waals surface area contributed by atoms with Crippen molar-refractivity contribution in [3.05, 3.63) is 17.7 Å². The fourth-order valence-electron chi connectivity index (χ4n) is 0.885. The molecule has 4 nitrogen and oxygen atoms in total. The van der Waals surface area contributed by atoms with Crippen LogP contribution in [0.3, 0.4) is 0 Å². The molecule has 1 heterocycles. The monoisotopic (exact) mass is 284 g/mol. The van der Waals surface area contributed by atoms with Gasteiger partial charge in [-0.25, -0.2) is 9.78 Å². The van der Waals surface area contributed by atoms with Crippen molar-refractivity contribution in [1.82, 2.24) is 4.98 Å². The van der Waals surface area contributed by atoms with E-state index in [0.717, 1.165) is 5.01 Å². The van der Waals surface area contributed by atoms with Gasteiger partial charge in [0.2, 0.25) is 0 Å². The third-order valence-corrected chi connectivity index (χ3v) is 2.29. The van der Waals surface area contributed by atoms with E-state index in [9.17, 15) is 4.79 Å². The molecule has 72 valence electrons. The van der Waals surface area contributed by atoms with Crippen molar-refractivity contribution >= 4 is 22.3 Å². The Hall–Kier alpha value is 0.705. The molecule has 0 aliphatic carbocycles. The summed E-state index contributed by atoms with van der Waals surface area (Å²) in [6.07, 6.45) is 0. The Bertz CT molecular complexity index is 314. The van der Waals surface area contributed by atoms with Gasteiger partial charge in [0.15, 0.2) is 5.69 Å². The number of anilines is 1. The molecule has 0 unspecified atom stereocenters. The van der Waals surface area contributed by atoms with Crippen LogP contribution in [0.15, 0.2) is 0 Å². The molecule has 0 aromatic carbocycles. The molecule has 0 bridgehead atoms. The van der Waals surface area contributed by atoms with Crippen LogP contribution >= 0.6 is 11.3 Å². The van der Waals surface area contributed by atoms with E-state index < -0.39 is 5.97 Å².